The molecule has 0 aromatic rings. The van der Waals surface area contributed by atoms with Gasteiger partial charge in [0, 0.05) is 27.2 Å². The van der Waals surface area contributed by atoms with Crippen molar-refractivity contribution in [2.45, 2.75) is 0 Å². The van der Waals surface area contributed by atoms with Gasteiger partial charge in [0.25, 0.3) is 0 Å². The molecule has 0 radical (unpaired) electrons. The molecule has 0 aromatic heterocycles. The number of nitrogens with zero attached hydrogens (tertiary/aromatic N) is 1. The third kappa shape index (κ3) is 4.01. The molecule has 12 heavy (non-hydrogen) atoms. The first kappa shape index (κ1) is 11.8. The number of methoxy groups -OCH3 is 1. The molecule has 2 N–H and O–H groups in total. The average molecular weight is 196 g/mol. The number of rotatable bonds is 6. The third-order valence-corrected chi connectivity index (χ3v) is 3.28. The molecule has 0 rings (SSSR count). The van der Waals surface area contributed by atoms with Gasteiger partial charge in [-0.2, -0.15) is 0 Å². The van der Waals surface area contributed by atoms with E-state index in [2.05, 4.69) is 4.74 Å². The minimum atomic E-state index is -3.16. The summed E-state index contributed by atoms with van der Waals surface area (Å²) < 4.78 is 28.5. The lowest BCUT2D eigenvalue weighted by molar-refractivity contribution is 0.216. The average Bonchev–Trinajstić information content (AvgIpc) is 2.01. The van der Waals surface area contributed by atoms with Gasteiger partial charge in [0.1, 0.15) is 0 Å². The second-order valence-corrected chi connectivity index (χ2v) is 4.61. The van der Waals surface area contributed by atoms with Crippen molar-refractivity contribution < 1.29 is 13.2 Å². The first-order chi connectivity index (χ1) is 5.54. The molecular weight excluding hydrogens is 180 g/mol. The molecule has 0 heterocycles. The lowest BCUT2D eigenvalue weighted by atomic mass is 10.7. The SMILES string of the molecule is COCCS(=O)(=O)N(C)CCN. The first-order valence-corrected chi connectivity index (χ1v) is 5.28. The van der Waals surface area contributed by atoms with Crippen LogP contribution in [0.4, 0.5) is 0 Å². The molecule has 0 aliphatic rings. The molecule has 6 heteroatoms. The van der Waals surface area contributed by atoms with Gasteiger partial charge in [-0.05, 0) is 0 Å². The van der Waals surface area contributed by atoms with Crippen LogP contribution in [0.15, 0.2) is 0 Å². The van der Waals surface area contributed by atoms with Crippen molar-refractivity contribution in [3.8, 4) is 0 Å². The Morgan fingerprint density at radius 2 is 2.08 bits per heavy atom. The Kier molecular flexibility index (Phi) is 5.39. The van der Waals surface area contributed by atoms with E-state index in [1.165, 1.54) is 18.5 Å². The molecule has 0 amide bonds. The van der Waals surface area contributed by atoms with Gasteiger partial charge in [-0.15, -0.1) is 0 Å². The summed E-state index contributed by atoms with van der Waals surface area (Å²) in [6, 6.07) is 0. The van der Waals surface area contributed by atoms with E-state index in [-0.39, 0.29) is 12.4 Å². The number of hydrogen-bond acceptors (Lipinski definition) is 4. The fourth-order valence-corrected chi connectivity index (χ4v) is 1.74. The van der Waals surface area contributed by atoms with Gasteiger partial charge in [0.05, 0.1) is 12.4 Å². The van der Waals surface area contributed by atoms with Crippen molar-refractivity contribution in [3.05, 3.63) is 0 Å². The molecule has 0 unspecified atom stereocenters. The zero-order valence-corrected chi connectivity index (χ0v) is 8.30. The number of nitrogens with two attached hydrogens (primary N) is 1. The summed E-state index contributed by atoms with van der Waals surface area (Å²) in [5.74, 6) is 0.0139. The molecule has 0 bridgehead atoms. The maximum atomic E-state index is 11.3. The zero-order valence-electron chi connectivity index (χ0n) is 7.49. The highest BCUT2D eigenvalue weighted by Crippen LogP contribution is 1.96. The lowest BCUT2D eigenvalue weighted by Crippen LogP contribution is -2.34. The van der Waals surface area contributed by atoms with Gasteiger partial charge in [-0.3, -0.25) is 0 Å². The van der Waals surface area contributed by atoms with Gasteiger partial charge >= 0.3 is 0 Å². The molecule has 0 aromatic carbocycles. The molecule has 0 saturated heterocycles. The topological polar surface area (TPSA) is 72.6 Å². The Morgan fingerprint density at radius 1 is 1.50 bits per heavy atom. The fraction of sp³-hybridized carbons (Fsp3) is 1.00. The van der Waals surface area contributed by atoms with Crippen LogP contribution >= 0.6 is 0 Å². The van der Waals surface area contributed by atoms with Crippen LogP contribution < -0.4 is 5.73 Å². The first-order valence-electron chi connectivity index (χ1n) is 3.67. The molecule has 0 fully saturated rings. The van der Waals surface area contributed by atoms with Crippen LogP contribution in [-0.2, 0) is 14.8 Å². The predicted octanol–water partition coefficient (Wildman–Crippen LogP) is -1.15. The van der Waals surface area contributed by atoms with Crippen LogP contribution in [0.1, 0.15) is 0 Å². The minimum absolute atomic E-state index is 0.0139. The maximum Gasteiger partial charge on any atom is 0.216 e. The highest BCUT2D eigenvalue weighted by molar-refractivity contribution is 7.89. The van der Waals surface area contributed by atoms with Crippen molar-refractivity contribution in [2.24, 2.45) is 5.73 Å². The van der Waals surface area contributed by atoms with Gasteiger partial charge in [0.2, 0.25) is 10.0 Å². The normalized spacial score (nSPS) is 12.3. The van der Waals surface area contributed by atoms with Crippen LogP contribution in [0.2, 0.25) is 0 Å². The molecule has 5 nitrogen and oxygen atoms in total. The lowest BCUT2D eigenvalue weighted by Gasteiger charge is -2.15. The molecule has 0 aliphatic heterocycles. The number of hydrogen-bond donors (Lipinski definition) is 1. The second kappa shape index (κ2) is 5.47. The van der Waals surface area contributed by atoms with Crippen molar-refractivity contribution >= 4 is 10.0 Å². The summed E-state index contributed by atoms with van der Waals surface area (Å²) in [5.41, 5.74) is 5.22. The van der Waals surface area contributed by atoms with Crippen LogP contribution in [0.25, 0.3) is 0 Å². The van der Waals surface area contributed by atoms with E-state index in [0.717, 1.165) is 0 Å². The molecule has 0 saturated carbocycles. The predicted molar refractivity (Wildman–Crippen MR) is 47.3 cm³/mol. The summed E-state index contributed by atoms with van der Waals surface area (Å²) in [6.07, 6.45) is 0. The summed E-state index contributed by atoms with van der Waals surface area (Å²) in [5, 5.41) is 0. The Hall–Kier alpha value is -0.170. The Labute approximate surface area is 73.5 Å². The van der Waals surface area contributed by atoms with E-state index >= 15 is 0 Å². The number of ether oxygens (including phenoxy) is 1. The van der Waals surface area contributed by atoms with Crippen molar-refractivity contribution in [1.82, 2.24) is 4.31 Å². The van der Waals surface area contributed by atoms with Crippen LogP contribution in [-0.4, -0.2) is 52.3 Å². The maximum absolute atomic E-state index is 11.3. The molecular formula is C6H16N2O3S. The van der Waals surface area contributed by atoms with Crippen LogP contribution in [0.5, 0.6) is 0 Å². The fourth-order valence-electron chi connectivity index (χ4n) is 0.665. The van der Waals surface area contributed by atoms with Gasteiger partial charge in [-0.1, -0.05) is 0 Å². The van der Waals surface area contributed by atoms with Crippen molar-refractivity contribution in [2.75, 3.05) is 39.6 Å². The summed E-state index contributed by atoms with van der Waals surface area (Å²) in [4.78, 5) is 0. The quantitative estimate of drug-likeness (QED) is 0.582. The molecule has 0 aliphatic carbocycles. The van der Waals surface area contributed by atoms with Crippen molar-refractivity contribution in [1.29, 1.82) is 0 Å². The standard InChI is InChI=1S/C6H16N2O3S/c1-8(4-3-7)12(9,10)6-5-11-2/h3-7H2,1-2H3. The number of likely N-dealkylation sites (N-methyl/N-ethyl adjacent to an activating group) is 1. The highest BCUT2D eigenvalue weighted by atomic mass is 32.2. The molecule has 0 spiro atoms. The monoisotopic (exact) mass is 196 g/mol. The van der Waals surface area contributed by atoms with Crippen LogP contribution in [0.3, 0.4) is 0 Å². The summed E-state index contributed by atoms with van der Waals surface area (Å²) >= 11 is 0. The summed E-state index contributed by atoms with van der Waals surface area (Å²) in [6.45, 7) is 0.909. The summed E-state index contributed by atoms with van der Waals surface area (Å²) in [7, 11) is -0.174. The largest absolute Gasteiger partial charge is 0.384 e. The smallest absolute Gasteiger partial charge is 0.216 e. The van der Waals surface area contributed by atoms with Gasteiger partial charge in [-0.25, -0.2) is 12.7 Å². The van der Waals surface area contributed by atoms with E-state index in [4.69, 9.17) is 5.73 Å². The highest BCUT2D eigenvalue weighted by Gasteiger charge is 2.15. The van der Waals surface area contributed by atoms with Crippen LogP contribution in [0, 0.1) is 0 Å². The Morgan fingerprint density at radius 3 is 2.50 bits per heavy atom. The zero-order chi connectivity index (χ0) is 9.61. The second-order valence-electron chi connectivity index (χ2n) is 2.42. The van der Waals surface area contributed by atoms with E-state index < -0.39 is 10.0 Å². The Balaban J connectivity index is 4.01. The minimum Gasteiger partial charge on any atom is -0.384 e. The van der Waals surface area contributed by atoms with E-state index in [0.29, 0.717) is 13.1 Å². The number of sulfonamides is 1. The Bertz CT molecular complexity index is 203. The van der Waals surface area contributed by atoms with Gasteiger partial charge in [0.15, 0.2) is 0 Å². The third-order valence-electron chi connectivity index (χ3n) is 1.46. The van der Waals surface area contributed by atoms with Crippen molar-refractivity contribution in [3.63, 3.8) is 0 Å². The van der Waals surface area contributed by atoms with Gasteiger partial charge < -0.3 is 10.5 Å². The molecule has 74 valence electrons. The molecule has 0 atom stereocenters. The van der Waals surface area contributed by atoms with E-state index in [1.807, 2.05) is 0 Å². The van der Waals surface area contributed by atoms with E-state index in [1.54, 1.807) is 0 Å². The van der Waals surface area contributed by atoms with E-state index in [9.17, 15) is 8.42 Å².